The van der Waals surface area contributed by atoms with Crippen LogP contribution in [0.4, 0.5) is 0 Å². The lowest BCUT2D eigenvalue weighted by Gasteiger charge is -2.06. The Morgan fingerprint density at radius 1 is 1.00 bits per heavy atom. The molecule has 0 saturated heterocycles. The van der Waals surface area contributed by atoms with Gasteiger partial charge in [-0.2, -0.15) is 0 Å². The Hall–Kier alpha value is -2.49. The van der Waals surface area contributed by atoms with Crippen LogP contribution in [0.2, 0.25) is 0 Å². The second-order valence-electron chi connectivity index (χ2n) is 3.86. The second-order valence-corrected chi connectivity index (χ2v) is 3.86. The smallest absolute Gasteiger partial charge is 0.145 e. The van der Waals surface area contributed by atoms with Gasteiger partial charge in [0.05, 0.1) is 12.8 Å². The lowest BCUT2D eigenvalue weighted by molar-refractivity contribution is 0.419. The summed E-state index contributed by atoms with van der Waals surface area (Å²) in [4.78, 5) is 12.6. The maximum absolute atomic E-state index is 5.32. The molecule has 0 bridgehead atoms. The average Bonchev–Trinajstić information content (AvgIpc) is 2.47. The normalized spacial score (nSPS) is 10.5. The van der Waals surface area contributed by atoms with Crippen molar-refractivity contribution in [1.82, 2.24) is 15.0 Å². The van der Waals surface area contributed by atoms with E-state index in [4.69, 9.17) is 4.74 Å². The fraction of sp³-hybridized carbons (Fsp3) is 0.0714. The predicted octanol–water partition coefficient (Wildman–Crippen LogP) is 2.70. The summed E-state index contributed by atoms with van der Waals surface area (Å²) in [6.07, 6.45) is 5.00. The van der Waals surface area contributed by atoms with E-state index in [-0.39, 0.29) is 0 Å². The van der Waals surface area contributed by atoms with Crippen molar-refractivity contribution in [1.29, 1.82) is 0 Å². The van der Waals surface area contributed by atoms with Crippen LogP contribution in [0.5, 0.6) is 5.75 Å². The number of nitrogens with zero attached hydrogens (tertiary/aromatic N) is 3. The molecular formula is C14H11N3O. The number of fused-ring (bicyclic) bond motifs is 1. The molecule has 3 rings (SSSR count). The van der Waals surface area contributed by atoms with Gasteiger partial charge in [0, 0.05) is 23.3 Å². The van der Waals surface area contributed by atoms with Crippen molar-refractivity contribution >= 4 is 10.9 Å². The first-order valence-electron chi connectivity index (χ1n) is 5.57. The number of pyridine rings is 1. The van der Waals surface area contributed by atoms with E-state index in [1.165, 1.54) is 6.33 Å². The van der Waals surface area contributed by atoms with Gasteiger partial charge in [0.25, 0.3) is 0 Å². The van der Waals surface area contributed by atoms with E-state index in [1.54, 1.807) is 19.5 Å². The van der Waals surface area contributed by atoms with Crippen molar-refractivity contribution in [2.75, 3.05) is 7.11 Å². The van der Waals surface area contributed by atoms with Crippen LogP contribution in [-0.2, 0) is 0 Å². The number of hydrogen-bond donors (Lipinski definition) is 0. The minimum atomic E-state index is 0.770. The van der Waals surface area contributed by atoms with Crippen molar-refractivity contribution in [3.8, 4) is 17.0 Å². The molecule has 0 spiro atoms. The van der Waals surface area contributed by atoms with Gasteiger partial charge in [-0.05, 0) is 12.1 Å². The van der Waals surface area contributed by atoms with Crippen LogP contribution in [-0.4, -0.2) is 22.1 Å². The molecule has 88 valence electrons. The van der Waals surface area contributed by atoms with E-state index < -0.39 is 0 Å². The minimum Gasteiger partial charge on any atom is -0.494 e. The molecular weight excluding hydrogens is 226 g/mol. The summed E-state index contributed by atoms with van der Waals surface area (Å²) in [6, 6.07) is 9.85. The molecule has 0 N–H and O–H groups in total. The van der Waals surface area contributed by atoms with E-state index in [0.29, 0.717) is 0 Å². The van der Waals surface area contributed by atoms with Crippen LogP contribution < -0.4 is 4.74 Å². The van der Waals surface area contributed by atoms with Crippen molar-refractivity contribution in [3.05, 3.63) is 49.1 Å². The summed E-state index contributed by atoms with van der Waals surface area (Å²) >= 11 is 0. The van der Waals surface area contributed by atoms with Crippen molar-refractivity contribution < 1.29 is 4.74 Å². The zero-order chi connectivity index (χ0) is 12.4. The summed E-state index contributed by atoms with van der Waals surface area (Å²) in [6.45, 7) is 0. The summed E-state index contributed by atoms with van der Waals surface area (Å²) < 4.78 is 5.32. The third-order valence-corrected chi connectivity index (χ3v) is 2.76. The molecule has 0 amide bonds. The first-order valence-corrected chi connectivity index (χ1v) is 5.57. The zero-order valence-corrected chi connectivity index (χ0v) is 9.87. The van der Waals surface area contributed by atoms with Gasteiger partial charge in [0.2, 0.25) is 0 Å². The Balaban J connectivity index is 2.22. The highest BCUT2D eigenvalue weighted by Gasteiger charge is 2.05. The predicted molar refractivity (Wildman–Crippen MR) is 69.3 cm³/mol. The number of ether oxygens (including phenoxy) is 1. The minimum absolute atomic E-state index is 0.770. The Morgan fingerprint density at radius 2 is 1.83 bits per heavy atom. The van der Waals surface area contributed by atoms with E-state index in [1.807, 2.05) is 30.3 Å². The lowest BCUT2D eigenvalue weighted by Crippen LogP contribution is -1.90. The van der Waals surface area contributed by atoms with Crippen LogP contribution in [0.1, 0.15) is 0 Å². The van der Waals surface area contributed by atoms with Gasteiger partial charge in [0.15, 0.2) is 0 Å². The molecule has 4 heteroatoms. The van der Waals surface area contributed by atoms with Crippen LogP contribution in [0.25, 0.3) is 22.2 Å². The highest BCUT2D eigenvalue weighted by atomic mass is 16.5. The van der Waals surface area contributed by atoms with Gasteiger partial charge < -0.3 is 4.74 Å². The Kier molecular flexibility index (Phi) is 2.61. The SMILES string of the molecule is COc1cccc2ccc(-c3cncnc3)nc12. The van der Waals surface area contributed by atoms with Crippen LogP contribution >= 0.6 is 0 Å². The summed E-state index contributed by atoms with van der Waals surface area (Å²) in [5.74, 6) is 0.770. The number of aromatic nitrogens is 3. The fourth-order valence-electron chi connectivity index (χ4n) is 1.88. The van der Waals surface area contributed by atoms with Crippen molar-refractivity contribution in [3.63, 3.8) is 0 Å². The van der Waals surface area contributed by atoms with Crippen molar-refractivity contribution in [2.24, 2.45) is 0 Å². The molecule has 0 aliphatic heterocycles. The molecule has 0 fully saturated rings. The average molecular weight is 237 g/mol. The van der Waals surface area contributed by atoms with E-state index in [9.17, 15) is 0 Å². The molecule has 0 saturated carbocycles. The molecule has 0 aliphatic carbocycles. The topological polar surface area (TPSA) is 47.9 Å². The highest BCUT2D eigenvalue weighted by molar-refractivity contribution is 5.86. The number of para-hydroxylation sites is 1. The van der Waals surface area contributed by atoms with Gasteiger partial charge >= 0.3 is 0 Å². The second kappa shape index (κ2) is 4.41. The van der Waals surface area contributed by atoms with E-state index in [2.05, 4.69) is 15.0 Å². The molecule has 0 radical (unpaired) electrons. The number of rotatable bonds is 2. The van der Waals surface area contributed by atoms with Crippen LogP contribution in [0, 0.1) is 0 Å². The quantitative estimate of drug-likeness (QED) is 0.687. The van der Waals surface area contributed by atoms with Gasteiger partial charge in [0.1, 0.15) is 17.6 Å². The number of benzene rings is 1. The highest BCUT2D eigenvalue weighted by Crippen LogP contribution is 2.26. The molecule has 2 heterocycles. The Bertz CT molecular complexity index is 683. The molecule has 2 aromatic heterocycles. The summed E-state index contributed by atoms with van der Waals surface area (Å²) in [5.41, 5.74) is 2.58. The van der Waals surface area contributed by atoms with Gasteiger partial charge in [-0.25, -0.2) is 15.0 Å². The third kappa shape index (κ3) is 1.78. The molecule has 18 heavy (non-hydrogen) atoms. The lowest BCUT2D eigenvalue weighted by atomic mass is 10.1. The standard InChI is InChI=1S/C14H11N3O/c1-18-13-4-2-3-10-5-6-12(17-14(10)13)11-7-15-9-16-8-11/h2-9H,1H3. The fourth-order valence-corrected chi connectivity index (χ4v) is 1.88. The van der Waals surface area contributed by atoms with Gasteiger partial charge in [-0.1, -0.05) is 18.2 Å². The maximum Gasteiger partial charge on any atom is 0.145 e. The first-order chi connectivity index (χ1) is 8.88. The summed E-state index contributed by atoms with van der Waals surface area (Å²) in [7, 11) is 1.65. The zero-order valence-electron chi connectivity index (χ0n) is 9.87. The number of methoxy groups -OCH3 is 1. The largest absolute Gasteiger partial charge is 0.494 e. The Labute approximate surface area is 104 Å². The van der Waals surface area contributed by atoms with Crippen LogP contribution in [0.3, 0.4) is 0 Å². The third-order valence-electron chi connectivity index (χ3n) is 2.76. The van der Waals surface area contributed by atoms with Gasteiger partial charge in [-0.15, -0.1) is 0 Å². The Morgan fingerprint density at radius 3 is 2.61 bits per heavy atom. The van der Waals surface area contributed by atoms with E-state index >= 15 is 0 Å². The molecule has 0 atom stereocenters. The molecule has 4 nitrogen and oxygen atoms in total. The molecule has 3 aromatic rings. The summed E-state index contributed by atoms with van der Waals surface area (Å²) in [5, 5.41) is 1.05. The van der Waals surface area contributed by atoms with E-state index in [0.717, 1.165) is 27.9 Å². The van der Waals surface area contributed by atoms with Crippen molar-refractivity contribution in [2.45, 2.75) is 0 Å². The maximum atomic E-state index is 5.32. The molecule has 0 unspecified atom stereocenters. The van der Waals surface area contributed by atoms with Gasteiger partial charge in [-0.3, -0.25) is 0 Å². The monoisotopic (exact) mass is 237 g/mol. The number of hydrogen-bond acceptors (Lipinski definition) is 4. The van der Waals surface area contributed by atoms with Crippen LogP contribution in [0.15, 0.2) is 49.1 Å². The molecule has 0 aliphatic rings. The first kappa shape index (κ1) is 10.7. The molecule has 1 aromatic carbocycles.